The van der Waals surface area contributed by atoms with E-state index in [1.165, 1.54) is 18.2 Å². The first-order valence-corrected chi connectivity index (χ1v) is 10.3. The van der Waals surface area contributed by atoms with Crippen LogP contribution in [0.2, 0.25) is 0 Å². The fraction of sp³-hybridized carbons (Fsp3) is 0.375. The van der Waals surface area contributed by atoms with E-state index in [2.05, 4.69) is 4.74 Å². The Labute approximate surface area is 181 Å². The molecule has 0 saturated carbocycles. The molecular weight excluding hydrogens is 402 g/mol. The van der Waals surface area contributed by atoms with Gasteiger partial charge in [0.2, 0.25) is 5.91 Å². The number of amides is 1. The summed E-state index contributed by atoms with van der Waals surface area (Å²) in [4.78, 5) is 16.7. The van der Waals surface area contributed by atoms with Crippen molar-refractivity contribution >= 4 is 17.7 Å². The second-order valence-corrected chi connectivity index (χ2v) is 7.66. The van der Waals surface area contributed by atoms with Crippen molar-refractivity contribution in [2.75, 3.05) is 32.1 Å². The number of para-hydroxylation sites is 1. The van der Waals surface area contributed by atoms with Gasteiger partial charge in [0.25, 0.3) is 0 Å². The van der Waals surface area contributed by atoms with Gasteiger partial charge in [-0.2, -0.15) is 8.78 Å². The minimum atomic E-state index is -2.92. The third-order valence-electron chi connectivity index (χ3n) is 5.13. The van der Waals surface area contributed by atoms with Gasteiger partial charge in [-0.1, -0.05) is 30.3 Å². The SMILES string of the molecule is CN(C)c1ccc(CN(CC2CCCO2)C(=O)C=Cc2ccccc2OC(F)F)cc1. The monoisotopic (exact) mass is 430 g/mol. The predicted molar refractivity (Wildman–Crippen MR) is 117 cm³/mol. The van der Waals surface area contributed by atoms with E-state index in [-0.39, 0.29) is 17.8 Å². The summed E-state index contributed by atoms with van der Waals surface area (Å²) in [6.45, 7) is -1.30. The molecule has 0 aliphatic carbocycles. The molecule has 1 heterocycles. The standard InChI is InChI=1S/C24H28F2N2O3/c1-27(2)20-12-9-18(10-13-20)16-28(17-21-7-5-15-30-21)23(29)14-11-19-6-3-4-8-22(19)31-24(25)26/h3-4,6,8-14,21,24H,5,7,15-17H2,1-2H3. The maximum absolute atomic E-state index is 13.0. The van der Waals surface area contributed by atoms with Crippen LogP contribution >= 0.6 is 0 Å². The zero-order valence-electron chi connectivity index (χ0n) is 17.8. The lowest BCUT2D eigenvalue weighted by Crippen LogP contribution is -2.35. The molecule has 1 atom stereocenters. The van der Waals surface area contributed by atoms with Gasteiger partial charge in [-0.15, -0.1) is 0 Å². The average Bonchev–Trinajstić information content (AvgIpc) is 3.25. The van der Waals surface area contributed by atoms with E-state index < -0.39 is 6.61 Å². The summed E-state index contributed by atoms with van der Waals surface area (Å²) in [5.74, 6) is -0.175. The Kier molecular flexibility index (Phi) is 8.00. The molecule has 166 valence electrons. The predicted octanol–water partition coefficient (Wildman–Crippen LogP) is 4.58. The lowest BCUT2D eigenvalue weighted by atomic mass is 10.1. The van der Waals surface area contributed by atoms with Crippen molar-refractivity contribution in [1.29, 1.82) is 0 Å². The highest BCUT2D eigenvalue weighted by Crippen LogP contribution is 2.22. The molecule has 1 aliphatic heterocycles. The van der Waals surface area contributed by atoms with Crippen LogP contribution < -0.4 is 9.64 Å². The molecule has 0 bridgehead atoms. The number of hydrogen-bond acceptors (Lipinski definition) is 4. The van der Waals surface area contributed by atoms with Gasteiger partial charge < -0.3 is 19.3 Å². The third-order valence-corrected chi connectivity index (χ3v) is 5.13. The molecule has 0 aromatic heterocycles. The third kappa shape index (κ3) is 6.79. The molecule has 0 spiro atoms. The van der Waals surface area contributed by atoms with Gasteiger partial charge in [-0.05, 0) is 42.7 Å². The van der Waals surface area contributed by atoms with Gasteiger partial charge in [0.05, 0.1) is 6.10 Å². The summed E-state index contributed by atoms with van der Waals surface area (Å²) in [5.41, 5.74) is 2.51. The Morgan fingerprint density at radius 2 is 1.94 bits per heavy atom. The van der Waals surface area contributed by atoms with Crippen LogP contribution in [0.25, 0.3) is 6.08 Å². The number of benzene rings is 2. The van der Waals surface area contributed by atoms with E-state index in [4.69, 9.17) is 4.74 Å². The van der Waals surface area contributed by atoms with Gasteiger partial charge in [-0.3, -0.25) is 4.79 Å². The first-order chi connectivity index (χ1) is 14.9. The number of nitrogens with zero attached hydrogens (tertiary/aromatic N) is 2. The van der Waals surface area contributed by atoms with Gasteiger partial charge in [0.1, 0.15) is 5.75 Å². The molecule has 1 amide bonds. The molecular formula is C24H28F2N2O3. The van der Waals surface area contributed by atoms with Crippen LogP contribution in [0.4, 0.5) is 14.5 Å². The summed E-state index contributed by atoms with van der Waals surface area (Å²) in [6, 6.07) is 14.4. The van der Waals surface area contributed by atoms with Crippen LogP contribution in [0.1, 0.15) is 24.0 Å². The van der Waals surface area contributed by atoms with Gasteiger partial charge >= 0.3 is 6.61 Å². The number of carbonyl (C=O) groups excluding carboxylic acids is 1. The van der Waals surface area contributed by atoms with Crippen molar-refractivity contribution in [2.24, 2.45) is 0 Å². The van der Waals surface area contributed by atoms with Crippen molar-refractivity contribution < 1.29 is 23.0 Å². The van der Waals surface area contributed by atoms with Crippen molar-refractivity contribution in [2.45, 2.75) is 32.1 Å². The second-order valence-electron chi connectivity index (χ2n) is 7.66. The first-order valence-electron chi connectivity index (χ1n) is 10.3. The molecule has 1 aliphatic rings. The largest absolute Gasteiger partial charge is 0.434 e. The van der Waals surface area contributed by atoms with E-state index in [0.29, 0.717) is 25.3 Å². The Bertz CT molecular complexity index is 879. The molecule has 1 unspecified atom stereocenters. The molecule has 31 heavy (non-hydrogen) atoms. The summed E-state index contributed by atoms with van der Waals surface area (Å²) in [7, 11) is 3.95. The van der Waals surface area contributed by atoms with Gasteiger partial charge in [0.15, 0.2) is 0 Å². The van der Waals surface area contributed by atoms with E-state index in [1.807, 2.05) is 43.3 Å². The average molecular weight is 430 g/mol. The molecule has 0 radical (unpaired) electrons. The molecule has 7 heteroatoms. The van der Waals surface area contributed by atoms with Crippen LogP contribution in [-0.2, 0) is 16.1 Å². The first kappa shape index (κ1) is 22.7. The summed E-state index contributed by atoms with van der Waals surface area (Å²) < 4.78 is 35.5. The Hall–Kier alpha value is -2.93. The fourth-order valence-corrected chi connectivity index (χ4v) is 3.47. The second kappa shape index (κ2) is 10.9. The lowest BCUT2D eigenvalue weighted by Gasteiger charge is -2.25. The number of carbonyl (C=O) groups is 1. The minimum Gasteiger partial charge on any atom is -0.434 e. The number of halogens is 2. The van der Waals surface area contributed by atoms with Crippen LogP contribution in [0.3, 0.4) is 0 Å². The molecule has 5 nitrogen and oxygen atoms in total. The maximum Gasteiger partial charge on any atom is 0.387 e. The number of hydrogen-bond donors (Lipinski definition) is 0. The topological polar surface area (TPSA) is 42.0 Å². The van der Waals surface area contributed by atoms with Crippen molar-refractivity contribution in [1.82, 2.24) is 4.90 Å². The molecule has 2 aromatic rings. The van der Waals surface area contributed by atoms with Crippen molar-refractivity contribution in [3.8, 4) is 5.75 Å². The van der Waals surface area contributed by atoms with Crippen LogP contribution in [0.5, 0.6) is 5.75 Å². The smallest absolute Gasteiger partial charge is 0.387 e. The quantitative estimate of drug-likeness (QED) is 0.547. The molecule has 3 rings (SSSR count). The number of anilines is 1. The highest BCUT2D eigenvalue weighted by Gasteiger charge is 2.22. The van der Waals surface area contributed by atoms with Gasteiger partial charge in [-0.25, -0.2) is 0 Å². The van der Waals surface area contributed by atoms with Crippen molar-refractivity contribution in [3.63, 3.8) is 0 Å². The Balaban J connectivity index is 1.75. The number of ether oxygens (including phenoxy) is 2. The number of alkyl halides is 2. The number of rotatable bonds is 9. The maximum atomic E-state index is 13.0. The highest BCUT2D eigenvalue weighted by atomic mass is 19.3. The highest BCUT2D eigenvalue weighted by molar-refractivity contribution is 5.92. The zero-order chi connectivity index (χ0) is 22.2. The molecule has 1 saturated heterocycles. The van der Waals surface area contributed by atoms with Gasteiger partial charge in [0, 0.05) is 51.1 Å². The minimum absolute atomic E-state index is 0.00727. The summed E-state index contributed by atoms with van der Waals surface area (Å²) in [5, 5.41) is 0. The van der Waals surface area contributed by atoms with Crippen molar-refractivity contribution in [3.05, 3.63) is 65.7 Å². The van der Waals surface area contributed by atoms with Crippen LogP contribution in [0.15, 0.2) is 54.6 Å². The summed E-state index contributed by atoms with van der Waals surface area (Å²) >= 11 is 0. The normalized spacial score (nSPS) is 16.1. The molecule has 2 aromatic carbocycles. The van der Waals surface area contributed by atoms with E-state index in [0.717, 1.165) is 24.1 Å². The van der Waals surface area contributed by atoms with Crippen LogP contribution in [-0.4, -0.2) is 50.8 Å². The zero-order valence-corrected chi connectivity index (χ0v) is 17.8. The van der Waals surface area contributed by atoms with E-state index in [9.17, 15) is 13.6 Å². The molecule has 1 fully saturated rings. The lowest BCUT2D eigenvalue weighted by molar-refractivity contribution is -0.128. The fourth-order valence-electron chi connectivity index (χ4n) is 3.47. The Morgan fingerprint density at radius 1 is 1.19 bits per heavy atom. The van der Waals surface area contributed by atoms with E-state index >= 15 is 0 Å². The van der Waals surface area contributed by atoms with Crippen LogP contribution in [0, 0.1) is 0 Å². The van der Waals surface area contributed by atoms with E-state index in [1.54, 1.807) is 23.1 Å². The summed E-state index contributed by atoms with van der Waals surface area (Å²) in [6.07, 6.45) is 4.82. The Morgan fingerprint density at radius 3 is 2.58 bits per heavy atom. The molecule has 0 N–H and O–H groups in total.